The SMILES string of the molecule is C=c1cc2sc(/C=C/CC(C)/C=C/c3ccc(S)cc3)c(CCCCCC)c2cc1=C. The van der Waals surface area contributed by atoms with Crippen molar-refractivity contribution in [1.29, 1.82) is 0 Å². The molecule has 0 aliphatic rings. The predicted octanol–water partition coefficient (Wildman–Crippen LogP) is 7.89. The number of thiol groups is 1. The molecule has 1 aromatic heterocycles. The molecule has 0 saturated heterocycles. The van der Waals surface area contributed by atoms with E-state index in [1.54, 1.807) is 0 Å². The van der Waals surface area contributed by atoms with Crippen LogP contribution in [0.25, 0.3) is 35.4 Å². The molecule has 0 fully saturated rings. The normalized spacial score (nSPS) is 13.0. The average molecular weight is 447 g/mol. The van der Waals surface area contributed by atoms with E-state index in [1.807, 2.05) is 23.5 Å². The Labute approximate surface area is 197 Å². The van der Waals surface area contributed by atoms with Crippen LogP contribution < -0.4 is 10.4 Å². The molecule has 0 aliphatic heterocycles. The Morgan fingerprint density at radius 3 is 2.48 bits per heavy atom. The van der Waals surface area contributed by atoms with Crippen molar-refractivity contribution in [3.63, 3.8) is 0 Å². The van der Waals surface area contributed by atoms with Crippen molar-refractivity contribution in [2.45, 2.75) is 57.3 Å². The van der Waals surface area contributed by atoms with E-state index in [1.165, 1.54) is 51.8 Å². The summed E-state index contributed by atoms with van der Waals surface area (Å²) in [7, 11) is 0. The molecule has 2 heteroatoms. The van der Waals surface area contributed by atoms with E-state index >= 15 is 0 Å². The first kappa shape index (κ1) is 23.6. The highest BCUT2D eigenvalue weighted by Gasteiger charge is 2.10. The van der Waals surface area contributed by atoms with Crippen LogP contribution in [0.15, 0.2) is 53.4 Å². The molecule has 31 heavy (non-hydrogen) atoms. The fourth-order valence-electron chi connectivity index (χ4n) is 3.75. The van der Waals surface area contributed by atoms with Gasteiger partial charge in [-0.3, -0.25) is 0 Å². The molecule has 0 aliphatic carbocycles. The number of aryl methyl sites for hydroxylation is 1. The summed E-state index contributed by atoms with van der Waals surface area (Å²) >= 11 is 6.25. The lowest BCUT2D eigenvalue weighted by Crippen LogP contribution is -2.20. The second-order valence-electron chi connectivity index (χ2n) is 8.44. The van der Waals surface area contributed by atoms with Crippen LogP contribution in [0.4, 0.5) is 0 Å². The topological polar surface area (TPSA) is 0 Å². The van der Waals surface area contributed by atoms with Gasteiger partial charge in [0.1, 0.15) is 0 Å². The van der Waals surface area contributed by atoms with Crippen LogP contribution in [0.2, 0.25) is 0 Å². The Bertz CT molecular complexity index is 1150. The second-order valence-corrected chi connectivity index (χ2v) is 10.0. The first-order valence-corrected chi connectivity index (χ1v) is 12.6. The van der Waals surface area contributed by atoms with E-state index < -0.39 is 0 Å². The van der Waals surface area contributed by atoms with Crippen molar-refractivity contribution in [3.05, 3.63) is 75.0 Å². The lowest BCUT2D eigenvalue weighted by atomic mass is 10.0. The number of unbranched alkanes of at least 4 members (excludes halogenated alkanes) is 3. The van der Waals surface area contributed by atoms with Gasteiger partial charge in [-0.2, -0.15) is 0 Å². The summed E-state index contributed by atoms with van der Waals surface area (Å²) in [6.07, 6.45) is 16.5. The third kappa shape index (κ3) is 6.72. The van der Waals surface area contributed by atoms with E-state index in [4.69, 9.17) is 0 Å². The number of allylic oxidation sites excluding steroid dienone is 2. The van der Waals surface area contributed by atoms with Gasteiger partial charge >= 0.3 is 0 Å². The number of rotatable bonds is 10. The smallest absolute Gasteiger partial charge is 0.0358 e. The first-order valence-electron chi connectivity index (χ1n) is 11.3. The van der Waals surface area contributed by atoms with Gasteiger partial charge < -0.3 is 0 Å². The molecular formula is C29H34S2. The molecule has 0 radical (unpaired) electrons. The van der Waals surface area contributed by atoms with Crippen LogP contribution in [0.5, 0.6) is 0 Å². The third-order valence-corrected chi connectivity index (χ3v) is 7.17. The molecule has 0 amide bonds. The standard InChI is InChI=1S/C29H34S2/c1-5-6-7-8-11-26-27-19-22(3)23(4)20-29(27)31-28(26)12-9-10-21(2)13-14-24-15-17-25(30)18-16-24/h9,12-21,30H,3-8,10-11H2,1-2H3/b12-9+,14-13+. The van der Waals surface area contributed by atoms with Crippen LogP contribution in [0, 0.1) is 5.92 Å². The molecule has 3 rings (SSSR count). The molecule has 0 spiro atoms. The van der Waals surface area contributed by atoms with Crippen molar-refractivity contribution < 1.29 is 0 Å². The maximum absolute atomic E-state index is 4.35. The van der Waals surface area contributed by atoms with Crippen LogP contribution in [0.1, 0.15) is 62.0 Å². The number of hydrogen-bond acceptors (Lipinski definition) is 2. The minimum Gasteiger partial charge on any atom is -0.143 e. The minimum atomic E-state index is 0.493. The van der Waals surface area contributed by atoms with Gasteiger partial charge in [0.25, 0.3) is 0 Å². The summed E-state index contributed by atoms with van der Waals surface area (Å²) in [5.41, 5.74) is 2.72. The van der Waals surface area contributed by atoms with Gasteiger partial charge in [-0.1, -0.05) is 76.6 Å². The zero-order chi connectivity index (χ0) is 22.2. The minimum absolute atomic E-state index is 0.493. The van der Waals surface area contributed by atoms with Crippen molar-refractivity contribution >= 4 is 59.4 Å². The van der Waals surface area contributed by atoms with Crippen molar-refractivity contribution in [2.75, 3.05) is 0 Å². The molecule has 0 nitrogen and oxygen atoms in total. The monoisotopic (exact) mass is 446 g/mol. The van der Waals surface area contributed by atoms with Gasteiger partial charge in [0.15, 0.2) is 0 Å². The van der Waals surface area contributed by atoms with E-state index in [9.17, 15) is 0 Å². The molecule has 2 aromatic carbocycles. The zero-order valence-corrected chi connectivity index (χ0v) is 20.6. The van der Waals surface area contributed by atoms with Crippen molar-refractivity contribution in [3.8, 4) is 0 Å². The van der Waals surface area contributed by atoms with Crippen LogP contribution in [0.3, 0.4) is 0 Å². The summed E-state index contributed by atoms with van der Waals surface area (Å²) < 4.78 is 1.34. The molecule has 0 saturated carbocycles. The fraction of sp³-hybridized carbons (Fsp3) is 0.310. The average Bonchev–Trinajstić information content (AvgIpc) is 3.07. The van der Waals surface area contributed by atoms with E-state index in [0.717, 1.165) is 28.2 Å². The maximum Gasteiger partial charge on any atom is 0.0358 e. The Morgan fingerprint density at radius 1 is 1.00 bits per heavy atom. The van der Waals surface area contributed by atoms with E-state index in [0.29, 0.717) is 5.92 Å². The van der Waals surface area contributed by atoms with Gasteiger partial charge in [0.2, 0.25) is 0 Å². The quantitative estimate of drug-likeness (QED) is 0.237. The highest BCUT2D eigenvalue weighted by molar-refractivity contribution is 7.80. The lowest BCUT2D eigenvalue weighted by Gasteiger charge is -2.04. The number of fused-ring (bicyclic) bond motifs is 1. The Hall–Kier alpha value is -2.03. The van der Waals surface area contributed by atoms with Crippen LogP contribution in [-0.2, 0) is 6.42 Å². The molecule has 0 bridgehead atoms. The van der Waals surface area contributed by atoms with Gasteiger partial charge in [0, 0.05) is 14.5 Å². The van der Waals surface area contributed by atoms with Crippen LogP contribution in [-0.4, -0.2) is 0 Å². The van der Waals surface area contributed by atoms with Gasteiger partial charge in [-0.25, -0.2) is 0 Å². The third-order valence-electron chi connectivity index (χ3n) is 5.71. The Balaban J connectivity index is 1.74. The molecule has 1 heterocycles. The van der Waals surface area contributed by atoms with Crippen molar-refractivity contribution in [2.24, 2.45) is 5.92 Å². The number of hydrogen-bond donors (Lipinski definition) is 1. The summed E-state index contributed by atoms with van der Waals surface area (Å²) in [5, 5.41) is 3.45. The molecule has 1 atom stereocenters. The highest BCUT2D eigenvalue weighted by Crippen LogP contribution is 2.32. The highest BCUT2D eigenvalue weighted by atomic mass is 32.1. The molecule has 1 unspecified atom stereocenters. The zero-order valence-electron chi connectivity index (χ0n) is 18.9. The summed E-state index contributed by atoms with van der Waals surface area (Å²) in [6, 6.07) is 12.7. The number of benzene rings is 2. The van der Waals surface area contributed by atoms with Gasteiger partial charge in [-0.15, -0.1) is 24.0 Å². The molecule has 0 N–H and O–H groups in total. The maximum atomic E-state index is 4.35. The Kier molecular flexibility index (Phi) is 8.80. The van der Waals surface area contributed by atoms with Gasteiger partial charge in [-0.05, 0) is 82.5 Å². The first-order chi connectivity index (χ1) is 15.0. The predicted molar refractivity (Wildman–Crippen MR) is 146 cm³/mol. The number of thiophene rings is 1. The summed E-state index contributed by atoms with van der Waals surface area (Å²) in [5.74, 6) is 0.493. The van der Waals surface area contributed by atoms with Crippen LogP contribution >= 0.6 is 24.0 Å². The van der Waals surface area contributed by atoms with Gasteiger partial charge in [0.05, 0.1) is 0 Å². The second kappa shape index (κ2) is 11.5. The summed E-state index contributed by atoms with van der Waals surface area (Å²) in [4.78, 5) is 2.40. The molecule has 3 aromatic rings. The van der Waals surface area contributed by atoms with E-state index in [-0.39, 0.29) is 0 Å². The lowest BCUT2D eigenvalue weighted by molar-refractivity contribution is 0.668. The fourth-order valence-corrected chi connectivity index (χ4v) is 5.13. The van der Waals surface area contributed by atoms with Crippen molar-refractivity contribution in [1.82, 2.24) is 0 Å². The Morgan fingerprint density at radius 2 is 1.74 bits per heavy atom. The largest absolute Gasteiger partial charge is 0.143 e. The van der Waals surface area contributed by atoms with E-state index in [2.05, 4.69) is 88.2 Å². The summed E-state index contributed by atoms with van der Waals surface area (Å²) in [6.45, 7) is 12.9. The molecule has 162 valence electrons. The molecular weight excluding hydrogens is 412 g/mol.